The van der Waals surface area contributed by atoms with Gasteiger partial charge in [0, 0.05) is 80.6 Å². The summed E-state index contributed by atoms with van der Waals surface area (Å²) in [5, 5.41) is 4.17. The van der Waals surface area contributed by atoms with Crippen LogP contribution in [0.2, 0.25) is 5.02 Å². The Hall–Kier alpha value is -4.17. The van der Waals surface area contributed by atoms with Gasteiger partial charge < -0.3 is 20.0 Å². The molecule has 2 aliphatic rings. The van der Waals surface area contributed by atoms with Gasteiger partial charge in [0.05, 0.1) is 11.9 Å². The van der Waals surface area contributed by atoms with E-state index in [-0.39, 0.29) is 5.91 Å². The van der Waals surface area contributed by atoms with Crippen LogP contribution in [0.25, 0.3) is 11.1 Å². The van der Waals surface area contributed by atoms with Crippen LogP contribution in [0.4, 0.5) is 17.3 Å². The molecule has 4 aromatic rings. The maximum absolute atomic E-state index is 13.2. The summed E-state index contributed by atoms with van der Waals surface area (Å²) in [5.74, 6) is 1.79. The van der Waals surface area contributed by atoms with Crippen LogP contribution in [-0.2, 0) is 6.54 Å². The molecule has 1 amide bonds. The largest absolute Gasteiger partial charge is 0.367 e. The number of fused-ring (bicyclic) bond motifs is 1. The minimum atomic E-state index is 0.0520. The highest BCUT2D eigenvalue weighted by atomic mass is 35.5. The summed E-state index contributed by atoms with van der Waals surface area (Å²) in [7, 11) is 0. The van der Waals surface area contributed by atoms with Gasteiger partial charge in [-0.3, -0.25) is 9.78 Å². The van der Waals surface area contributed by atoms with Crippen molar-refractivity contribution >= 4 is 34.8 Å². The van der Waals surface area contributed by atoms with Crippen molar-refractivity contribution < 1.29 is 4.79 Å². The molecule has 0 atom stereocenters. The van der Waals surface area contributed by atoms with Crippen molar-refractivity contribution in [2.45, 2.75) is 13.5 Å². The number of rotatable bonds is 5. The second kappa shape index (κ2) is 10.9. The van der Waals surface area contributed by atoms with Crippen molar-refractivity contribution in [3.63, 3.8) is 0 Å². The van der Waals surface area contributed by atoms with Gasteiger partial charge in [0.25, 0.3) is 5.91 Å². The number of hydrogen-bond acceptors (Lipinski definition) is 7. The number of pyridine rings is 1. The fraction of sp³-hybridized carbons (Fsp3) is 0.267. The van der Waals surface area contributed by atoms with Gasteiger partial charge in [-0.25, -0.2) is 9.97 Å². The van der Waals surface area contributed by atoms with Crippen molar-refractivity contribution in [1.29, 1.82) is 0 Å². The third kappa shape index (κ3) is 5.38. The Morgan fingerprint density at radius 2 is 1.74 bits per heavy atom. The SMILES string of the molecule is Cc1ccc(Cl)cc1CN1CCNc2ncc(-c3ccc(C(=O)N4CCN(c5cnccn5)CC4)cc3)cc21. The van der Waals surface area contributed by atoms with Crippen LogP contribution in [0.15, 0.2) is 73.3 Å². The number of amides is 1. The Kier molecular flexibility index (Phi) is 7.02. The molecule has 2 aromatic carbocycles. The molecule has 9 heteroatoms. The van der Waals surface area contributed by atoms with E-state index in [1.165, 1.54) is 11.1 Å². The number of anilines is 3. The number of hydrogen-bond donors (Lipinski definition) is 1. The van der Waals surface area contributed by atoms with Gasteiger partial charge in [-0.15, -0.1) is 0 Å². The predicted octanol–water partition coefficient (Wildman–Crippen LogP) is 4.89. The molecule has 39 heavy (non-hydrogen) atoms. The lowest BCUT2D eigenvalue weighted by Gasteiger charge is -2.35. The van der Waals surface area contributed by atoms with Crippen molar-refractivity contribution in [2.24, 2.45) is 0 Å². The maximum atomic E-state index is 13.2. The van der Waals surface area contributed by atoms with Crippen LogP contribution in [0.3, 0.4) is 0 Å². The number of nitrogens with zero attached hydrogens (tertiary/aromatic N) is 6. The Labute approximate surface area is 233 Å². The standard InChI is InChI=1S/C30H30ClN7O/c1-21-2-7-26(31)16-25(21)20-38-11-10-34-29-27(38)17-24(18-35-29)22-3-5-23(6-4-22)30(39)37-14-12-36(13-15-37)28-19-32-8-9-33-28/h2-9,16-19H,10-15,20H2,1H3,(H,34,35). The first-order chi connectivity index (χ1) is 19.0. The lowest BCUT2D eigenvalue weighted by Crippen LogP contribution is -2.49. The Morgan fingerprint density at radius 1 is 0.923 bits per heavy atom. The molecule has 2 aromatic heterocycles. The fourth-order valence-corrected chi connectivity index (χ4v) is 5.37. The zero-order valence-electron chi connectivity index (χ0n) is 21.8. The number of carbonyl (C=O) groups excluding carboxylic acids is 1. The molecule has 1 saturated heterocycles. The van der Waals surface area contributed by atoms with Crippen molar-refractivity contribution in [3.8, 4) is 11.1 Å². The zero-order chi connectivity index (χ0) is 26.8. The first-order valence-electron chi connectivity index (χ1n) is 13.2. The first-order valence-corrected chi connectivity index (χ1v) is 13.6. The van der Waals surface area contributed by atoms with Crippen LogP contribution < -0.4 is 15.1 Å². The number of aryl methyl sites for hydroxylation is 1. The highest BCUT2D eigenvalue weighted by Gasteiger charge is 2.23. The minimum absolute atomic E-state index is 0.0520. The summed E-state index contributed by atoms with van der Waals surface area (Å²) in [4.78, 5) is 32.8. The monoisotopic (exact) mass is 539 g/mol. The molecule has 0 unspecified atom stereocenters. The number of halogens is 1. The van der Waals surface area contributed by atoms with Gasteiger partial charge in [0.2, 0.25) is 0 Å². The third-order valence-corrected chi connectivity index (χ3v) is 7.70. The van der Waals surface area contributed by atoms with Crippen LogP contribution in [-0.4, -0.2) is 65.0 Å². The van der Waals surface area contributed by atoms with Gasteiger partial charge in [-0.2, -0.15) is 0 Å². The number of benzene rings is 2. The summed E-state index contributed by atoms with van der Waals surface area (Å²) < 4.78 is 0. The third-order valence-electron chi connectivity index (χ3n) is 7.46. The van der Waals surface area contributed by atoms with Crippen molar-refractivity contribution in [3.05, 3.63) is 95.0 Å². The fourth-order valence-electron chi connectivity index (χ4n) is 5.18. The first kappa shape index (κ1) is 25.1. The molecule has 0 saturated carbocycles. The highest BCUT2D eigenvalue weighted by Crippen LogP contribution is 2.33. The average Bonchev–Trinajstić information content (AvgIpc) is 2.99. The highest BCUT2D eigenvalue weighted by molar-refractivity contribution is 6.30. The molecule has 0 aliphatic carbocycles. The minimum Gasteiger partial charge on any atom is -0.367 e. The molecule has 0 bridgehead atoms. The average molecular weight is 540 g/mol. The number of nitrogens with one attached hydrogen (secondary N) is 1. The molecule has 4 heterocycles. The lowest BCUT2D eigenvalue weighted by molar-refractivity contribution is 0.0746. The van der Waals surface area contributed by atoms with Crippen LogP contribution in [0.1, 0.15) is 21.5 Å². The topological polar surface area (TPSA) is 77.5 Å². The zero-order valence-corrected chi connectivity index (χ0v) is 22.6. The Morgan fingerprint density at radius 3 is 2.51 bits per heavy atom. The van der Waals surface area contributed by atoms with Gasteiger partial charge >= 0.3 is 0 Å². The number of carbonyl (C=O) groups is 1. The van der Waals surface area contributed by atoms with E-state index >= 15 is 0 Å². The van der Waals surface area contributed by atoms with E-state index in [1.54, 1.807) is 18.6 Å². The number of aromatic nitrogens is 3. The summed E-state index contributed by atoms with van der Waals surface area (Å²) >= 11 is 6.28. The molecule has 198 valence electrons. The van der Waals surface area contributed by atoms with E-state index < -0.39 is 0 Å². The quantitative estimate of drug-likeness (QED) is 0.387. The van der Waals surface area contributed by atoms with E-state index in [0.717, 1.165) is 66.2 Å². The summed E-state index contributed by atoms with van der Waals surface area (Å²) in [6.45, 7) is 7.38. The summed E-state index contributed by atoms with van der Waals surface area (Å²) in [6, 6.07) is 16.1. The lowest BCUT2D eigenvalue weighted by atomic mass is 10.0. The van der Waals surface area contributed by atoms with E-state index in [2.05, 4.69) is 44.1 Å². The van der Waals surface area contributed by atoms with E-state index in [9.17, 15) is 4.79 Å². The molecule has 6 rings (SSSR count). The molecule has 2 aliphatic heterocycles. The molecular weight excluding hydrogens is 510 g/mol. The van der Waals surface area contributed by atoms with Crippen LogP contribution in [0, 0.1) is 6.92 Å². The molecule has 0 spiro atoms. The van der Waals surface area contributed by atoms with E-state index in [1.807, 2.05) is 47.5 Å². The van der Waals surface area contributed by atoms with E-state index in [0.29, 0.717) is 18.7 Å². The van der Waals surface area contributed by atoms with Gasteiger partial charge in [-0.05, 0) is 53.9 Å². The summed E-state index contributed by atoms with van der Waals surface area (Å²) in [5.41, 5.74) is 6.23. The molecule has 1 N–H and O–H groups in total. The maximum Gasteiger partial charge on any atom is 0.253 e. The van der Waals surface area contributed by atoms with Crippen molar-refractivity contribution in [1.82, 2.24) is 19.9 Å². The normalized spacial score (nSPS) is 15.1. The number of piperazine rings is 1. The van der Waals surface area contributed by atoms with Gasteiger partial charge in [-0.1, -0.05) is 29.8 Å². The van der Waals surface area contributed by atoms with Crippen molar-refractivity contribution in [2.75, 3.05) is 54.4 Å². The summed E-state index contributed by atoms with van der Waals surface area (Å²) in [6.07, 6.45) is 7.02. The second-order valence-electron chi connectivity index (χ2n) is 9.93. The van der Waals surface area contributed by atoms with Crippen LogP contribution in [0.5, 0.6) is 0 Å². The molecular formula is C30H30ClN7O. The molecule has 1 fully saturated rings. The van der Waals surface area contributed by atoms with E-state index in [4.69, 9.17) is 16.6 Å². The Balaban J connectivity index is 1.16. The molecule has 0 radical (unpaired) electrons. The molecule has 8 nitrogen and oxygen atoms in total. The van der Waals surface area contributed by atoms with Gasteiger partial charge in [0.15, 0.2) is 0 Å². The Bertz CT molecular complexity index is 1470. The predicted molar refractivity (Wildman–Crippen MR) is 156 cm³/mol. The second-order valence-corrected chi connectivity index (χ2v) is 10.4. The van der Waals surface area contributed by atoms with Crippen LogP contribution >= 0.6 is 11.6 Å². The smallest absolute Gasteiger partial charge is 0.253 e. The van der Waals surface area contributed by atoms with Gasteiger partial charge in [0.1, 0.15) is 11.6 Å².